The summed E-state index contributed by atoms with van der Waals surface area (Å²) >= 11 is 0. The number of rotatable bonds is 4. The zero-order valence-corrected chi connectivity index (χ0v) is 11.9. The lowest BCUT2D eigenvalue weighted by atomic mass is 9.76. The molecule has 1 aliphatic heterocycles. The predicted molar refractivity (Wildman–Crippen MR) is 74.5 cm³/mol. The normalized spacial score (nSPS) is 26.1. The topological polar surface area (TPSA) is 67.8 Å². The third kappa shape index (κ3) is 2.78. The lowest BCUT2D eigenvalue weighted by molar-refractivity contribution is -0.161. The van der Waals surface area contributed by atoms with E-state index >= 15 is 0 Å². The molecule has 5 nitrogen and oxygen atoms in total. The van der Waals surface area contributed by atoms with Crippen molar-refractivity contribution >= 4 is 5.97 Å². The Morgan fingerprint density at radius 2 is 2.35 bits per heavy atom. The molecule has 1 heterocycles. The van der Waals surface area contributed by atoms with Crippen molar-refractivity contribution in [1.82, 2.24) is 5.32 Å². The van der Waals surface area contributed by atoms with Gasteiger partial charge in [-0.05, 0) is 37.6 Å². The third-order valence-corrected chi connectivity index (χ3v) is 3.75. The van der Waals surface area contributed by atoms with Gasteiger partial charge in [-0.15, -0.1) is 0 Å². The molecule has 2 atom stereocenters. The van der Waals surface area contributed by atoms with Gasteiger partial charge < -0.3 is 19.9 Å². The summed E-state index contributed by atoms with van der Waals surface area (Å²) in [7, 11) is 1.58. The van der Waals surface area contributed by atoms with Crippen LogP contribution in [0, 0.1) is 5.92 Å². The lowest BCUT2D eigenvalue weighted by Crippen LogP contribution is -2.52. The molecule has 1 aromatic carbocycles. The van der Waals surface area contributed by atoms with E-state index in [4.69, 9.17) is 9.47 Å². The van der Waals surface area contributed by atoms with Gasteiger partial charge in [0.1, 0.15) is 17.3 Å². The van der Waals surface area contributed by atoms with Crippen molar-refractivity contribution < 1.29 is 19.4 Å². The summed E-state index contributed by atoms with van der Waals surface area (Å²) in [6.45, 7) is 3.14. The first-order valence-electron chi connectivity index (χ1n) is 6.86. The Balaban J connectivity index is 2.34. The molecule has 2 rings (SSSR count). The summed E-state index contributed by atoms with van der Waals surface area (Å²) in [5, 5.41) is 14.2. The van der Waals surface area contributed by atoms with Crippen molar-refractivity contribution in [2.75, 3.05) is 26.8 Å². The van der Waals surface area contributed by atoms with Gasteiger partial charge in [0.15, 0.2) is 0 Å². The van der Waals surface area contributed by atoms with E-state index in [1.165, 1.54) is 0 Å². The van der Waals surface area contributed by atoms with Crippen LogP contribution >= 0.6 is 0 Å². The number of benzene rings is 1. The fourth-order valence-corrected chi connectivity index (χ4v) is 2.63. The molecule has 0 aliphatic carbocycles. The number of ether oxygens (including phenoxy) is 2. The van der Waals surface area contributed by atoms with E-state index < -0.39 is 11.5 Å². The molecule has 1 aliphatic rings. The first kappa shape index (κ1) is 14.8. The van der Waals surface area contributed by atoms with Gasteiger partial charge in [-0.3, -0.25) is 4.79 Å². The second-order valence-corrected chi connectivity index (χ2v) is 4.91. The van der Waals surface area contributed by atoms with Crippen LogP contribution in [0.4, 0.5) is 0 Å². The minimum absolute atomic E-state index is 0.309. The summed E-state index contributed by atoms with van der Waals surface area (Å²) in [5.74, 6) is -0.314. The SMILES string of the molecule is CCOC(=O)C1CNCCC1(O)c1cccc(OC)c1. The molecule has 2 N–H and O–H groups in total. The van der Waals surface area contributed by atoms with Crippen LogP contribution in [-0.2, 0) is 15.1 Å². The standard InChI is InChI=1S/C15H21NO4/c1-3-20-14(17)13-10-16-8-7-15(13,18)11-5-4-6-12(9-11)19-2/h4-6,9,13,16,18H,3,7-8,10H2,1-2H3. The van der Waals surface area contributed by atoms with Gasteiger partial charge in [0.2, 0.25) is 0 Å². The van der Waals surface area contributed by atoms with Crippen LogP contribution in [0.2, 0.25) is 0 Å². The molecule has 0 spiro atoms. The predicted octanol–water partition coefficient (Wildman–Crippen LogP) is 1.06. The van der Waals surface area contributed by atoms with Crippen LogP contribution in [0.1, 0.15) is 18.9 Å². The highest BCUT2D eigenvalue weighted by Gasteiger charge is 2.45. The summed E-state index contributed by atoms with van der Waals surface area (Å²) in [4.78, 5) is 12.1. The van der Waals surface area contributed by atoms with Gasteiger partial charge in [-0.2, -0.15) is 0 Å². The van der Waals surface area contributed by atoms with Crippen molar-refractivity contribution in [3.05, 3.63) is 29.8 Å². The van der Waals surface area contributed by atoms with Gasteiger partial charge in [0.05, 0.1) is 13.7 Å². The number of methoxy groups -OCH3 is 1. The first-order chi connectivity index (χ1) is 9.61. The van der Waals surface area contributed by atoms with Crippen LogP contribution in [-0.4, -0.2) is 37.9 Å². The van der Waals surface area contributed by atoms with E-state index in [0.717, 1.165) is 0 Å². The van der Waals surface area contributed by atoms with Gasteiger partial charge >= 0.3 is 5.97 Å². The Kier molecular flexibility index (Phi) is 4.62. The number of hydrogen-bond donors (Lipinski definition) is 2. The van der Waals surface area contributed by atoms with Gasteiger partial charge in [0, 0.05) is 6.54 Å². The molecule has 1 aromatic rings. The van der Waals surface area contributed by atoms with E-state index in [1.54, 1.807) is 20.1 Å². The number of aliphatic hydroxyl groups is 1. The number of carbonyl (C=O) groups excluding carboxylic acids is 1. The van der Waals surface area contributed by atoms with E-state index in [9.17, 15) is 9.90 Å². The Bertz CT molecular complexity index is 477. The fraction of sp³-hybridized carbons (Fsp3) is 0.533. The second kappa shape index (κ2) is 6.24. The zero-order valence-electron chi connectivity index (χ0n) is 11.9. The summed E-state index contributed by atoms with van der Waals surface area (Å²) in [5.41, 5.74) is -0.525. The lowest BCUT2D eigenvalue weighted by Gasteiger charge is -2.39. The Hall–Kier alpha value is -1.59. The first-order valence-corrected chi connectivity index (χ1v) is 6.86. The number of piperidine rings is 1. The molecule has 0 amide bonds. The van der Waals surface area contributed by atoms with Crippen LogP contribution in [0.5, 0.6) is 5.75 Å². The molecule has 1 fully saturated rings. The van der Waals surface area contributed by atoms with Crippen molar-refractivity contribution in [1.29, 1.82) is 0 Å². The number of carbonyl (C=O) groups is 1. The molecule has 20 heavy (non-hydrogen) atoms. The highest BCUT2D eigenvalue weighted by molar-refractivity contribution is 5.75. The maximum atomic E-state index is 12.1. The Morgan fingerprint density at radius 1 is 1.55 bits per heavy atom. The van der Waals surface area contributed by atoms with Gasteiger partial charge in [-0.25, -0.2) is 0 Å². The average Bonchev–Trinajstić information content (AvgIpc) is 2.48. The summed E-state index contributed by atoms with van der Waals surface area (Å²) < 4.78 is 10.3. The van der Waals surface area contributed by atoms with Crippen molar-refractivity contribution in [2.24, 2.45) is 5.92 Å². The van der Waals surface area contributed by atoms with Crippen LogP contribution in [0.3, 0.4) is 0 Å². The van der Waals surface area contributed by atoms with Gasteiger partial charge in [0.25, 0.3) is 0 Å². The van der Waals surface area contributed by atoms with Crippen LogP contribution < -0.4 is 10.1 Å². The molecule has 5 heteroatoms. The number of hydrogen-bond acceptors (Lipinski definition) is 5. The van der Waals surface area contributed by atoms with Crippen molar-refractivity contribution in [3.8, 4) is 5.75 Å². The highest BCUT2D eigenvalue weighted by Crippen LogP contribution is 2.37. The molecule has 2 unspecified atom stereocenters. The molecule has 0 bridgehead atoms. The summed E-state index contributed by atoms with van der Waals surface area (Å²) in [6, 6.07) is 7.22. The fourth-order valence-electron chi connectivity index (χ4n) is 2.63. The minimum atomic E-state index is -1.22. The summed E-state index contributed by atoms with van der Waals surface area (Å²) in [6.07, 6.45) is 0.462. The highest BCUT2D eigenvalue weighted by atomic mass is 16.5. The molecule has 1 saturated heterocycles. The quantitative estimate of drug-likeness (QED) is 0.807. The molecular formula is C15H21NO4. The number of nitrogens with one attached hydrogen (secondary N) is 1. The smallest absolute Gasteiger partial charge is 0.313 e. The van der Waals surface area contributed by atoms with E-state index in [-0.39, 0.29) is 5.97 Å². The van der Waals surface area contributed by atoms with Crippen molar-refractivity contribution in [2.45, 2.75) is 18.9 Å². The average molecular weight is 279 g/mol. The third-order valence-electron chi connectivity index (χ3n) is 3.75. The largest absolute Gasteiger partial charge is 0.497 e. The Morgan fingerprint density at radius 3 is 3.05 bits per heavy atom. The second-order valence-electron chi connectivity index (χ2n) is 4.91. The monoisotopic (exact) mass is 279 g/mol. The molecule has 0 radical (unpaired) electrons. The molecule has 0 saturated carbocycles. The van der Waals surface area contributed by atoms with Crippen molar-refractivity contribution in [3.63, 3.8) is 0 Å². The number of esters is 1. The molecule has 0 aromatic heterocycles. The van der Waals surface area contributed by atoms with Crippen LogP contribution in [0.15, 0.2) is 24.3 Å². The molecular weight excluding hydrogens is 258 g/mol. The van der Waals surface area contributed by atoms with Crippen LogP contribution in [0.25, 0.3) is 0 Å². The van der Waals surface area contributed by atoms with Gasteiger partial charge in [-0.1, -0.05) is 12.1 Å². The zero-order chi connectivity index (χ0) is 14.6. The van der Waals surface area contributed by atoms with E-state index in [2.05, 4.69) is 5.32 Å². The maximum Gasteiger partial charge on any atom is 0.313 e. The maximum absolute atomic E-state index is 12.1. The van der Waals surface area contributed by atoms with E-state index in [0.29, 0.717) is 37.4 Å². The minimum Gasteiger partial charge on any atom is -0.497 e. The van der Waals surface area contributed by atoms with E-state index in [1.807, 2.05) is 18.2 Å². The molecule has 110 valence electrons. The Labute approximate surface area is 118 Å².